The molecule has 2 aromatic rings. The van der Waals surface area contributed by atoms with Crippen molar-refractivity contribution in [2.75, 3.05) is 0 Å². The Morgan fingerprint density at radius 2 is 1.67 bits per heavy atom. The average Bonchev–Trinajstić information content (AvgIpc) is 3.09. The van der Waals surface area contributed by atoms with E-state index in [1.165, 1.54) is 22.8 Å². The van der Waals surface area contributed by atoms with Gasteiger partial charge in [0.25, 0.3) is 5.91 Å². The first kappa shape index (κ1) is 17.6. The molecule has 4 aliphatic carbocycles. The van der Waals surface area contributed by atoms with Crippen molar-refractivity contribution in [3.8, 4) is 5.75 Å². The third-order valence-corrected chi connectivity index (χ3v) is 7.22. The lowest BCUT2D eigenvalue weighted by molar-refractivity contribution is -0.0171. The number of ether oxygens (including phenoxy) is 1. The first-order valence-corrected chi connectivity index (χ1v) is 10.9. The third kappa shape index (κ3) is 3.62. The van der Waals surface area contributed by atoms with Gasteiger partial charge in [0.05, 0.1) is 0 Å². The van der Waals surface area contributed by atoms with Crippen molar-refractivity contribution in [1.82, 2.24) is 5.32 Å². The van der Waals surface area contributed by atoms with Crippen LogP contribution in [-0.2, 0) is 6.61 Å². The van der Waals surface area contributed by atoms with E-state index in [1.54, 1.807) is 6.07 Å². The van der Waals surface area contributed by atoms with E-state index in [-0.39, 0.29) is 11.4 Å². The Morgan fingerprint density at radius 1 is 1.04 bits per heavy atom. The molecule has 0 atom stereocenters. The molecule has 1 aromatic carbocycles. The molecule has 142 valence electrons. The standard InChI is InChI=1S/C22H24INO3/c23-17-1-3-18(4-2-17)26-13-19-5-6-20(27-19)21(25)24-22-10-14-7-15(11-22)9-16(8-14)12-22/h1-6,14-16H,7-13H2,(H,24,25). The van der Waals surface area contributed by atoms with Gasteiger partial charge in [0.2, 0.25) is 0 Å². The summed E-state index contributed by atoms with van der Waals surface area (Å²) < 4.78 is 12.7. The van der Waals surface area contributed by atoms with Crippen molar-refractivity contribution < 1.29 is 13.9 Å². The number of rotatable bonds is 5. The summed E-state index contributed by atoms with van der Waals surface area (Å²) in [7, 11) is 0. The molecule has 0 spiro atoms. The van der Waals surface area contributed by atoms with Gasteiger partial charge in [0.1, 0.15) is 18.1 Å². The molecule has 0 unspecified atom stereocenters. The number of halogens is 1. The summed E-state index contributed by atoms with van der Waals surface area (Å²) in [5.74, 6) is 4.23. The molecule has 4 aliphatic rings. The van der Waals surface area contributed by atoms with Gasteiger partial charge in [-0.25, -0.2) is 0 Å². The second-order valence-corrected chi connectivity index (χ2v) is 9.91. The predicted molar refractivity (Wildman–Crippen MR) is 111 cm³/mol. The quantitative estimate of drug-likeness (QED) is 0.606. The van der Waals surface area contributed by atoms with Crippen molar-refractivity contribution >= 4 is 28.5 Å². The summed E-state index contributed by atoms with van der Waals surface area (Å²) in [6.07, 6.45) is 7.55. The summed E-state index contributed by atoms with van der Waals surface area (Å²) in [6, 6.07) is 11.5. The van der Waals surface area contributed by atoms with Gasteiger partial charge in [-0.15, -0.1) is 0 Å². The fourth-order valence-electron chi connectivity index (χ4n) is 5.83. The van der Waals surface area contributed by atoms with Gasteiger partial charge in [-0.1, -0.05) is 0 Å². The molecule has 5 heteroatoms. The maximum absolute atomic E-state index is 12.8. The van der Waals surface area contributed by atoms with Crippen LogP contribution < -0.4 is 10.1 Å². The first-order valence-electron chi connectivity index (χ1n) is 9.86. The molecule has 1 amide bonds. The molecule has 0 radical (unpaired) electrons. The zero-order valence-corrected chi connectivity index (χ0v) is 17.4. The maximum Gasteiger partial charge on any atom is 0.287 e. The van der Waals surface area contributed by atoms with Crippen LogP contribution in [-0.4, -0.2) is 11.4 Å². The summed E-state index contributed by atoms with van der Waals surface area (Å²) in [6.45, 7) is 0.325. The molecule has 4 fully saturated rings. The van der Waals surface area contributed by atoms with Crippen molar-refractivity contribution in [2.24, 2.45) is 17.8 Å². The van der Waals surface area contributed by atoms with E-state index in [1.807, 2.05) is 30.3 Å². The highest BCUT2D eigenvalue weighted by molar-refractivity contribution is 14.1. The fraction of sp³-hybridized carbons (Fsp3) is 0.500. The minimum Gasteiger partial charge on any atom is -0.486 e. The van der Waals surface area contributed by atoms with E-state index in [4.69, 9.17) is 9.15 Å². The SMILES string of the molecule is O=C(NC12CC3CC(CC(C3)C1)C2)c1ccc(COc2ccc(I)cc2)o1. The molecule has 4 saturated carbocycles. The normalized spacial score (nSPS) is 31.1. The second kappa shape index (κ2) is 6.83. The summed E-state index contributed by atoms with van der Waals surface area (Å²) in [5, 5.41) is 3.36. The average molecular weight is 477 g/mol. The zero-order valence-electron chi connectivity index (χ0n) is 15.2. The van der Waals surface area contributed by atoms with Gasteiger partial charge in [0, 0.05) is 9.11 Å². The lowest BCUT2D eigenvalue weighted by atomic mass is 9.53. The number of carbonyl (C=O) groups excluding carboxylic acids is 1. The van der Waals surface area contributed by atoms with E-state index in [0.29, 0.717) is 18.1 Å². The topological polar surface area (TPSA) is 51.5 Å². The van der Waals surface area contributed by atoms with Crippen molar-refractivity contribution in [2.45, 2.75) is 50.7 Å². The first-order chi connectivity index (χ1) is 13.1. The number of hydrogen-bond donors (Lipinski definition) is 1. The third-order valence-electron chi connectivity index (χ3n) is 6.50. The van der Waals surface area contributed by atoms with Gasteiger partial charge in [-0.3, -0.25) is 4.79 Å². The minimum absolute atomic E-state index is 0.0104. The van der Waals surface area contributed by atoms with Gasteiger partial charge < -0.3 is 14.5 Å². The molecule has 4 bridgehead atoms. The number of amides is 1. The lowest BCUT2D eigenvalue weighted by Crippen LogP contribution is -2.59. The Kier molecular flexibility index (Phi) is 4.45. The van der Waals surface area contributed by atoms with Crippen LogP contribution in [0.2, 0.25) is 0 Å². The van der Waals surface area contributed by atoms with Crippen LogP contribution in [0.1, 0.15) is 54.8 Å². The Hall–Kier alpha value is -1.50. The number of nitrogens with one attached hydrogen (secondary N) is 1. The highest BCUT2D eigenvalue weighted by Crippen LogP contribution is 2.55. The second-order valence-electron chi connectivity index (χ2n) is 8.66. The number of benzene rings is 1. The fourth-order valence-corrected chi connectivity index (χ4v) is 6.19. The summed E-state index contributed by atoms with van der Waals surface area (Å²) in [5.41, 5.74) is 0.0104. The van der Waals surface area contributed by atoms with E-state index < -0.39 is 0 Å². The monoisotopic (exact) mass is 477 g/mol. The van der Waals surface area contributed by atoms with Crippen molar-refractivity contribution in [3.63, 3.8) is 0 Å². The smallest absolute Gasteiger partial charge is 0.287 e. The van der Waals surface area contributed by atoms with Crippen molar-refractivity contribution in [1.29, 1.82) is 0 Å². The van der Waals surface area contributed by atoms with Gasteiger partial charge in [-0.2, -0.15) is 0 Å². The van der Waals surface area contributed by atoms with Gasteiger partial charge in [0.15, 0.2) is 5.76 Å². The van der Waals surface area contributed by atoms with Crippen LogP contribution in [0, 0.1) is 21.3 Å². The Labute approximate surface area is 173 Å². The molecule has 0 aliphatic heterocycles. The summed E-state index contributed by atoms with van der Waals surface area (Å²) in [4.78, 5) is 12.8. The molecular formula is C22H24INO3. The highest BCUT2D eigenvalue weighted by Gasteiger charge is 2.51. The van der Waals surface area contributed by atoms with Gasteiger partial charge >= 0.3 is 0 Å². The van der Waals surface area contributed by atoms with Crippen LogP contribution in [0.25, 0.3) is 0 Å². The molecule has 4 nitrogen and oxygen atoms in total. The highest BCUT2D eigenvalue weighted by atomic mass is 127. The van der Waals surface area contributed by atoms with E-state index >= 15 is 0 Å². The molecule has 1 N–H and O–H groups in total. The van der Waals surface area contributed by atoms with Crippen LogP contribution in [0.15, 0.2) is 40.8 Å². The summed E-state index contributed by atoms with van der Waals surface area (Å²) >= 11 is 2.26. The van der Waals surface area contributed by atoms with E-state index in [2.05, 4.69) is 27.9 Å². The molecule has 1 aromatic heterocycles. The zero-order chi connectivity index (χ0) is 18.4. The molecular weight excluding hydrogens is 453 g/mol. The maximum atomic E-state index is 12.8. The van der Waals surface area contributed by atoms with Crippen LogP contribution >= 0.6 is 22.6 Å². The largest absolute Gasteiger partial charge is 0.486 e. The molecule has 27 heavy (non-hydrogen) atoms. The van der Waals surface area contributed by atoms with Crippen LogP contribution in [0.4, 0.5) is 0 Å². The Morgan fingerprint density at radius 3 is 2.30 bits per heavy atom. The van der Waals surface area contributed by atoms with E-state index in [0.717, 1.165) is 42.8 Å². The van der Waals surface area contributed by atoms with Crippen LogP contribution in [0.5, 0.6) is 5.75 Å². The lowest BCUT2D eigenvalue weighted by Gasteiger charge is -2.56. The van der Waals surface area contributed by atoms with Gasteiger partial charge in [-0.05, 0) is 115 Å². The predicted octanol–water partition coefficient (Wildman–Crippen LogP) is 5.16. The molecule has 6 rings (SSSR count). The van der Waals surface area contributed by atoms with Crippen molar-refractivity contribution in [3.05, 3.63) is 51.5 Å². The number of furan rings is 1. The van der Waals surface area contributed by atoms with E-state index in [9.17, 15) is 4.79 Å². The van der Waals surface area contributed by atoms with Crippen LogP contribution in [0.3, 0.4) is 0 Å². The molecule has 0 saturated heterocycles. The number of carbonyl (C=O) groups is 1. The number of hydrogen-bond acceptors (Lipinski definition) is 3. The minimum atomic E-state index is -0.0718. The Bertz CT molecular complexity index is 806. The molecule has 1 heterocycles. The Balaban J connectivity index is 1.22.